The van der Waals surface area contributed by atoms with Gasteiger partial charge in [-0.2, -0.15) is 0 Å². The van der Waals surface area contributed by atoms with Gasteiger partial charge in [-0.1, -0.05) is 13.8 Å². The molecule has 1 saturated heterocycles. The Morgan fingerprint density at radius 3 is 2.73 bits per heavy atom. The van der Waals surface area contributed by atoms with Gasteiger partial charge in [0.2, 0.25) is 5.91 Å². The summed E-state index contributed by atoms with van der Waals surface area (Å²) in [7, 11) is 0. The first-order valence-corrected chi connectivity index (χ1v) is 9.61. The minimum atomic E-state index is -0.201. The van der Waals surface area contributed by atoms with E-state index in [1.54, 1.807) is 4.90 Å². The number of nitrogens with one attached hydrogen (secondary N) is 2. The normalized spacial score (nSPS) is 20.2. The molecule has 2 aliphatic rings. The molecule has 0 bridgehead atoms. The van der Waals surface area contributed by atoms with Crippen LogP contribution in [-0.2, 0) is 4.79 Å². The summed E-state index contributed by atoms with van der Waals surface area (Å²) in [5.41, 5.74) is 1.02. The highest BCUT2D eigenvalue weighted by molar-refractivity contribution is 5.92. The second-order valence-electron chi connectivity index (χ2n) is 7.85. The Labute approximate surface area is 155 Å². The quantitative estimate of drug-likeness (QED) is 0.846. The molecule has 26 heavy (non-hydrogen) atoms. The van der Waals surface area contributed by atoms with Crippen molar-refractivity contribution in [3.8, 4) is 0 Å². The molecule has 0 radical (unpaired) electrons. The van der Waals surface area contributed by atoms with E-state index in [0.717, 1.165) is 31.4 Å². The molecule has 1 atom stereocenters. The summed E-state index contributed by atoms with van der Waals surface area (Å²) in [5.74, 6) is 1.92. The molecule has 3 rings (SSSR count). The van der Waals surface area contributed by atoms with Crippen LogP contribution >= 0.6 is 0 Å². The van der Waals surface area contributed by atoms with Gasteiger partial charge in [-0.05, 0) is 38.5 Å². The highest BCUT2D eigenvalue weighted by atomic mass is 16.2. The Kier molecular flexibility index (Phi) is 5.74. The fraction of sp³-hybridized carbons (Fsp3) is 0.684. The summed E-state index contributed by atoms with van der Waals surface area (Å²) < 4.78 is 0. The van der Waals surface area contributed by atoms with Crippen molar-refractivity contribution < 1.29 is 9.59 Å². The molecule has 2 N–H and O–H groups in total. The maximum Gasteiger partial charge on any atom is 0.317 e. The molecule has 1 aromatic heterocycles. The lowest BCUT2D eigenvalue weighted by Crippen LogP contribution is -2.48. The lowest BCUT2D eigenvalue weighted by Gasteiger charge is -2.32. The largest absolute Gasteiger partial charge is 0.338 e. The number of urea groups is 1. The first kappa shape index (κ1) is 18.6. The number of hydrogen-bond donors (Lipinski definition) is 2. The van der Waals surface area contributed by atoms with Gasteiger partial charge in [0.25, 0.3) is 0 Å². The van der Waals surface area contributed by atoms with Gasteiger partial charge in [0.05, 0.1) is 5.92 Å². The zero-order valence-corrected chi connectivity index (χ0v) is 15.9. The topological polar surface area (TPSA) is 87.2 Å². The Morgan fingerprint density at radius 2 is 2.04 bits per heavy atom. The van der Waals surface area contributed by atoms with E-state index in [2.05, 4.69) is 34.4 Å². The predicted molar refractivity (Wildman–Crippen MR) is 99.9 cm³/mol. The van der Waals surface area contributed by atoms with E-state index < -0.39 is 0 Å². The van der Waals surface area contributed by atoms with E-state index in [9.17, 15) is 9.59 Å². The smallest absolute Gasteiger partial charge is 0.317 e. The fourth-order valence-electron chi connectivity index (χ4n) is 3.25. The Hall–Kier alpha value is -2.18. The molecule has 2 heterocycles. The summed E-state index contributed by atoms with van der Waals surface area (Å²) >= 11 is 0. The molecular weight excluding hydrogens is 330 g/mol. The molecule has 0 aromatic carbocycles. The monoisotopic (exact) mass is 359 g/mol. The van der Waals surface area contributed by atoms with Gasteiger partial charge in [0, 0.05) is 37.3 Å². The molecular formula is C19H29N5O2. The van der Waals surface area contributed by atoms with Crippen LogP contribution in [0.3, 0.4) is 0 Å². The lowest BCUT2D eigenvalue weighted by atomic mass is 9.97. The molecule has 1 unspecified atom stereocenters. The number of aromatic nitrogens is 2. The molecule has 142 valence electrons. The second-order valence-corrected chi connectivity index (χ2v) is 7.85. The number of hydrogen-bond acceptors (Lipinski definition) is 4. The number of nitrogens with zero attached hydrogens (tertiary/aromatic N) is 3. The minimum Gasteiger partial charge on any atom is -0.338 e. The van der Waals surface area contributed by atoms with Crippen molar-refractivity contribution in [2.24, 2.45) is 11.8 Å². The zero-order chi connectivity index (χ0) is 18.7. The van der Waals surface area contributed by atoms with Gasteiger partial charge >= 0.3 is 6.03 Å². The molecule has 2 fully saturated rings. The van der Waals surface area contributed by atoms with Crippen molar-refractivity contribution in [2.45, 2.75) is 52.4 Å². The molecule has 7 nitrogen and oxygen atoms in total. The molecule has 1 aromatic rings. The lowest BCUT2D eigenvalue weighted by molar-refractivity contribution is -0.121. The van der Waals surface area contributed by atoms with E-state index in [4.69, 9.17) is 0 Å². The number of amides is 3. The van der Waals surface area contributed by atoms with Crippen molar-refractivity contribution in [1.29, 1.82) is 0 Å². The van der Waals surface area contributed by atoms with Crippen LogP contribution in [0.4, 0.5) is 10.6 Å². The zero-order valence-electron chi connectivity index (χ0n) is 15.9. The SMILES string of the molecule is Cc1nc(NC(=O)C2CCCN(C(=O)NCC(C)C)C2)cc(C2CC2)n1. The summed E-state index contributed by atoms with van der Waals surface area (Å²) in [6.07, 6.45) is 3.95. The number of rotatable bonds is 5. The van der Waals surface area contributed by atoms with Crippen molar-refractivity contribution in [1.82, 2.24) is 20.2 Å². The highest BCUT2D eigenvalue weighted by Gasteiger charge is 2.30. The van der Waals surface area contributed by atoms with Crippen LogP contribution in [0.1, 0.15) is 57.0 Å². The van der Waals surface area contributed by atoms with Gasteiger partial charge in [-0.25, -0.2) is 14.8 Å². The first-order valence-electron chi connectivity index (χ1n) is 9.61. The van der Waals surface area contributed by atoms with Crippen LogP contribution in [-0.4, -0.2) is 46.4 Å². The maximum absolute atomic E-state index is 12.7. The molecule has 1 aliphatic carbocycles. The van der Waals surface area contributed by atoms with Crippen LogP contribution < -0.4 is 10.6 Å². The third kappa shape index (κ3) is 4.93. The summed E-state index contributed by atoms with van der Waals surface area (Å²) in [5, 5.41) is 5.87. The molecule has 1 saturated carbocycles. The minimum absolute atomic E-state index is 0.0637. The molecule has 1 aliphatic heterocycles. The van der Waals surface area contributed by atoms with Crippen LogP contribution in [0.2, 0.25) is 0 Å². The maximum atomic E-state index is 12.7. The van der Waals surface area contributed by atoms with Crippen LogP contribution in [0.25, 0.3) is 0 Å². The summed E-state index contributed by atoms with van der Waals surface area (Å²) in [6, 6.07) is 1.81. The van der Waals surface area contributed by atoms with Gasteiger partial charge in [-0.15, -0.1) is 0 Å². The van der Waals surface area contributed by atoms with Crippen molar-refractivity contribution in [3.05, 3.63) is 17.6 Å². The number of carbonyl (C=O) groups is 2. The summed E-state index contributed by atoms with van der Waals surface area (Å²) in [4.78, 5) is 35.5. The van der Waals surface area contributed by atoms with E-state index >= 15 is 0 Å². The number of anilines is 1. The molecule has 3 amide bonds. The van der Waals surface area contributed by atoms with Gasteiger partial charge < -0.3 is 15.5 Å². The van der Waals surface area contributed by atoms with Crippen molar-refractivity contribution in [3.63, 3.8) is 0 Å². The second kappa shape index (κ2) is 8.01. The van der Waals surface area contributed by atoms with E-state index in [-0.39, 0.29) is 17.9 Å². The number of aryl methyl sites for hydroxylation is 1. The van der Waals surface area contributed by atoms with E-state index in [0.29, 0.717) is 43.1 Å². The third-order valence-electron chi connectivity index (χ3n) is 4.85. The first-order chi connectivity index (χ1) is 12.4. The average molecular weight is 359 g/mol. The predicted octanol–water partition coefficient (Wildman–Crippen LogP) is 2.68. The summed E-state index contributed by atoms with van der Waals surface area (Å²) in [6.45, 7) is 7.78. The van der Waals surface area contributed by atoms with Crippen LogP contribution in [0, 0.1) is 18.8 Å². The van der Waals surface area contributed by atoms with Crippen LogP contribution in [0.15, 0.2) is 6.07 Å². The van der Waals surface area contributed by atoms with Gasteiger partial charge in [-0.3, -0.25) is 4.79 Å². The Morgan fingerprint density at radius 1 is 1.27 bits per heavy atom. The van der Waals surface area contributed by atoms with Gasteiger partial charge in [0.15, 0.2) is 0 Å². The standard InChI is InChI=1S/C19H29N5O2/c1-12(2)10-20-19(26)24-8-4-5-15(11-24)18(25)23-17-9-16(14-6-7-14)21-13(3)22-17/h9,12,14-15H,4-8,10-11H2,1-3H3,(H,20,26)(H,21,22,23,25). The number of carbonyl (C=O) groups excluding carboxylic acids is 2. The van der Waals surface area contributed by atoms with E-state index in [1.165, 1.54) is 0 Å². The van der Waals surface area contributed by atoms with Crippen molar-refractivity contribution >= 4 is 17.8 Å². The Bertz CT molecular complexity index is 672. The molecule has 7 heteroatoms. The Balaban J connectivity index is 1.58. The van der Waals surface area contributed by atoms with Crippen molar-refractivity contribution in [2.75, 3.05) is 25.0 Å². The number of piperidine rings is 1. The van der Waals surface area contributed by atoms with Crippen LogP contribution in [0.5, 0.6) is 0 Å². The highest BCUT2D eigenvalue weighted by Crippen LogP contribution is 2.39. The molecule has 0 spiro atoms. The average Bonchev–Trinajstić information content (AvgIpc) is 3.44. The van der Waals surface area contributed by atoms with Gasteiger partial charge in [0.1, 0.15) is 11.6 Å². The number of likely N-dealkylation sites (tertiary alicyclic amines) is 1. The third-order valence-corrected chi connectivity index (χ3v) is 4.85. The van der Waals surface area contributed by atoms with E-state index in [1.807, 2.05) is 13.0 Å². The fourth-order valence-corrected chi connectivity index (χ4v) is 3.25.